The van der Waals surface area contributed by atoms with E-state index < -0.39 is 11.6 Å². The van der Waals surface area contributed by atoms with Crippen molar-refractivity contribution in [3.63, 3.8) is 0 Å². The molecule has 0 aliphatic carbocycles. The third-order valence-electron chi connectivity index (χ3n) is 4.54. The van der Waals surface area contributed by atoms with Crippen LogP contribution < -0.4 is 5.32 Å². The van der Waals surface area contributed by atoms with E-state index in [4.69, 9.17) is 34.8 Å². The molecule has 0 saturated carbocycles. The first-order chi connectivity index (χ1) is 14.0. The van der Waals surface area contributed by atoms with Crippen molar-refractivity contribution in [2.24, 2.45) is 0 Å². The lowest BCUT2D eigenvalue weighted by molar-refractivity contribution is -0.141. The minimum absolute atomic E-state index is 0.137. The second-order valence-electron chi connectivity index (χ2n) is 8.19. The van der Waals surface area contributed by atoms with Crippen molar-refractivity contribution in [3.05, 3.63) is 68.7 Å². The van der Waals surface area contributed by atoms with E-state index in [2.05, 4.69) is 5.32 Å². The van der Waals surface area contributed by atoms with Gasteiger partial charge in [-0.3, -0.25) is 9.59 Å². The number of hydrogen-bond acceptors (Lipinski definition) is 2. The molecule has 4 nitrogen and oxygen atoms in total. The number of hydrogen-bond donors (Lipinski definition) is 1. The molecule has 1 N–H and O–H groups in total. The number of nitrogens with zero attached hydrogens (tertiary/aromatic N) is 1. The molecule has 0 spiro atoms. The number of halogens is 3. The van der Waals surface area contributed by atoms with Crippen molar-refractivity contribution >= 4 is 46.6 Å². The molecule has 0 aliphatic rings. The SMILES string of the molecule is CC[C@H](C(=O)NC(C)(C)C)N(Cc1c(Cl)cccc1Cl)C(=O)Cc1ccc(Cl)cc1. The quantitative estimate of drug-likeness (QED) is 0.548. The lowest BCUT2D eigenvalue weighted by Gasteiger charge is -2.33. The molecule has 0 bridgehead atoms. The van der Waals surface area contributed by atoms with Crippen LogP contribution >= 0.6 is 34.8 Å². The summed E-state index contributed by atoms with van der Waals surface area (Å²) < 4.78 is 0. The lowest BCUT2D eigenvalue weighted by Crippen LogP contribution is -2.53. The van der Waals surface area contributed by atoms with E-state index in [0.717, 1.165) is 5.56 Å². The van der Waals surface area contributed by atoms with E-state index >= 15 is 0 Å². The highest BCUT2D eigenvalue weighted by molar-refractivity contribution is 6.36. The van der Waals surface area contributed by atoms with Gasteiger partial charge in [0.25, 0.3) is 0 Å². The Bertz CT molecular complexity index is 872. The Morgan fingerprint density at radius 2 is 1.57 bits per heavy atom. The van der Waals surface area contributed by atoms with Gasteiger partial charge in [-0.1, -0.05) is 59.9 Å². The molecule has 2 rings (SSSR count). The van der Waals surface area contributed by atoms with Crippen molar-refractivity contribution in [2.75, 3.05) is 0 Å². The molecule has 0 aromatic heterocycles. The van der Waals surface area contributed by atoms with E-state index in [0.29, 0.717) is 27.1 Å². The minimum atomic E-state index is -0.656. The van der Waals surface area contributed by atoms with Gasteiger partial charge in [-0.2, -0.15) is 0 Å². The molecule has 2 amide bonds. The van der Waals surface area contributed by atoms with Gasteiger partial charge in [0.2, 0.25) is 11.8 Å². The van der Waals surface area contributed by atoms with Crippen LogP contribution in [0.5, 0.6) is 0 Å². The number of carbonyl (C=O) groups is 2. The summed E-state index contributed by atoms with van der Waals surface area (Å²) in [6, 6.07) is 11.6. The summed E-state index contributed by atoms with van der Waals surface area (Å²) in [6.07, 6.45) is 0.592. The zero-order valence-corrected chi connectivity index (χ0v) is 19.9. The van der Waals surface area contributed by atoms with Gasteiger partial charge in [0.05, 0.1) is 6.42 Å². The monoisotopic (exact) mass is 468 g/mol. The normalized spacial score (nSPS) is 12.4. The van der Waals surface area contributed by atoms with Crippen LogP contribution in [0.25, 0.3) is 0 Å². The van der Waals surface area contributed by atoms with E-state index in [1.807, 2.05) is 27.7 Å². The average molecular weight is 470 g/mol. The fourth-order valence-electron chi connectivity index (χ4n) is 3.10. The summed E-state index contributed by atoms with van der Waals surface area (Å²) in [5, 5.41) is 4.49. The molecule has 0 aliphatic heterocycles. The second-order valence-corrected chi connectivity index (χ2v) is 9.44. The third kappa shape index (κ3) is 6.90. The largest absolute Gasteiger partial charge is 0.350 e. The van der Waals surface area contributed by atoms with Crippen LogP contribution in [-0.2, 0) is 22.6 Å². The van der Waals surface area contributed by atoms with Crippen LogP contribution in [0.4, 0.5) is 0 Å². The van der Waals surface area contributed by atoms with Gasteiger partial charge < -0.3 is 10.2 Å². The van der Waals surface area contributed by atoms with Crippen LogP contribution in [0.2, 0.25) is 15.1 Å². The van der Waals surface area contributed by atoms with E-state index in [1.165, 1.54) is 0 Å². The maximum absolute atomic E-state index is 13.3. The zero-order chi connectivity index (χ0) is 22.5. The Labute approximate surface area is 193 Å². The summed E-state index contributed by atoms with van der Waals surface area (Å²) >= 11 is 18.7. The maximum Gasteiger partial charge on any atom is 0.243 e. The summed E-state index contributed by atoms with van der Waals surface area (Å²) in [6.45, 7) is 7.73. The molecule has 7 heteroatoms. The summed E-state index contributed by atoms with van der Waals surface area (Å²) in [5.74, 6) is -0.401. The highest BCUT2D eigenvalue weighted by atomic mass is 35.5. The average Bonchev–Trinajstić information content (AvgIpc) is 2.64. The van der Waals surface area contributed by atoms with E-state index in [1.54, 1.807) is 47.4 Å². The van der Waals surface area contributed by atoms with Gasteiger partial charge in [0.15, 0.2) is 0 Å². The first-order valence-corrected chi connectivity index (χ1v) is 10.9. The molecule has 30 heavy (non-hydrogen) atoms. The van der Waals surface area contributed by atoms with Crippen LogP contribution in [-0.4, -0.2) is 28.3 Å². The molecule has 1 atom stereocenters. The van der Waals surface area contributed by atoms with Gasteiger partial charge in [-0.15, -0.1) is 0 Å². The molecule has 0 unspecified atom stereocenters. The molecule has 0 saturated heterocycles. The number of nitrogens with one attached hydrogen (secondary N) is 1. The molecule has 0 fully saturated rings. The van der Waals surface area contributed by atoms with Crippen molar-refractivity contribution in [3.8, 4) is 0 Å². The van der Waals surface area contributed by atoms with Crippen LogP contribution in [0.15, 0.2) is 42.5 Å². The molecule has 2 aromatic rings. The number of amides is 2. The predicted molar refractivity (Wildman–Crippen MR) is 124 cm³/mol. The van der Waals surface area contributed by atoms with Crippen LogP contribution in [0.3, 0.4) is 0 Å². The Hall–Kier alpha value is -1.75. The standard InChI is InChI=1S/C23H27Cl3N2O2/c1-5-20(22(30)27-23(2,3)4)28(14-17-18(25)7-6-8-19(17)26)21(29)13-15-9-11-16(24)12-10-15/h6-12,20H,5,13-14H2,1-4H3,(H,27,30)/t20-/m1/s1. The Kier molecular flexibility index (Phi) is 8.60. The highest BCUT2D eigenvalue weighted by Gasteiger charge is 2.31. The molecule has 0 radical (unpaired) electrons. The van der Waals surface area contributed by atoms with Crippen molar-refractivity contribution in [1.82, 2.24) is 10.2 Å². The molecule has 2 aromatic carbocycles. The molecule has 0 heterocycles. The number of carbonyl (C=O) groups excluding carboxylic acids is 2. The fourth-order valence-corrected chi connectivity index (χ4v) is 3.75. The lowest BCUT2D eigenvalue weighted by atomic mass is 10.0. The molecular formula is C23H27Cl3N2O2. The Balaban J connectivity index is 2.38. The van der Waals surface area contributed by atoms with E-state index in [-0.39, 0.29) is 24.8 Å². The van der Waals surface area contributed by atoms with Gasteiger partial charge >= 0.3 is 0 Å². The molecule has 162 valence electrons. The third-order valence-corrected chi connectivity index (χ3v) is 5.50. The zero-order valence-electron chi connectivity index (χ0n) is 17.6. The highest BCUT2D eigenvalue weighted by Crippen LogP contribution is 2.27. The van der Waals surface area contributed by atoms with Crippen LogP contribution in [0.1, 0.15) is 45.2 Å². The summed E-state index contributed by atoms with van der Waals surface area (Å²) in [7, 11) is 0. The number of benzene rings is 2. The van der Waals surface area contributed by atoms with Gasteiger partial charge in [0.1, 0.15) is 6.04 Å². The topological polar surface area (TPSA) is 49.4 Å². The molecular weight excluding hydrogens is 443 g/mol. The summed E-state index contributed by atoms with van der Waals surface area (Å²) in [4.78, 5) is 27.9. The fraction of sp³-hybridized carbons (Fsp3) is 0.391. The van der Waals surface area contributed by atoms with Crippen molar-refractivity contribution in [1.29, 1.82) is 0 Å². The van der Waals surface area contributed by atoms with Gasteiger partial charge in [0, 0.05) is 32.7 Å². The Morgan fingerprint density at radius 3 is 2.07 bits per heavy atom. The second kappa shape index (κ2) is 10.5. The van der Waals surface area contributed by atoms with E-state index in [9.17, 15) is 9.59 Å². The first kappa shape index (κ1) is 24.5. The maximum atomic E-state index is 13.3. The van der Waals surface area contributed by atoms with Crippen molar-refractivity contribution in [2.45, 2.75) is 58.7 Å². The smallest absolute Gasteiger partial charge is 0.243 e. The van der Waals surface area contributed by atoms with Gasteiger partial charge in [-0.05, 0) is 57.0 Å². The summed E-state index contributed by atoms with van der Waals surface area (Å²) in [5.41, 5.74) is 1.01. The Morgan fingerprint density at radius 1 is 1.00 bits per heavy atom. The van der Waals surface area contributed by atoms with Crippen LogP contribution in [0, 0.1) is 0 Å². The van der Waals surface area contributed by atoms with Gasteiger partial charge in [-0.25, -0.2) is 0 Å². The van der Waals surface area contributed by atoms with Crippen molar-refractivity contribution < 1.29 is 9.59 Å². The predicted octanol–water partition coefficient (Wildman–Crippen LogP) is 5.91. The minimum Gasteiger partial charge on any atom is -0.350 e. The number of rotatable bonds is 7. The first-order valence-electron chi connectivity index (χ1n) is 9.80.